The number of para-hydroxylation sites is 1. The van der Waals surface area contributed by atoms with Gasteiger partial charge in [0.05, 0.1) is 33.1 Å². The van der Waals surface area contributed by atoms with Crippen molar-refractivity contribution in [2.24, 2.45) is 5.10 Å². The summed E-state index contributed by atoms with van der Waals surface area (Å²) >= 11 is 0. The Morgan fingerprint density at radius 3 is 2.39 bits per heavy atom. The molecule has 3 aromatic rings. The number of ether oxygens (including phenoxy) is 4. The second-order valence-electron chi connectivity index (χ2n) is 7.50. The third-order valence-electron chi connectivity index (χ3n) is 5.80. The molecule has 31 heavy (non-hydrogen) atoms. The molecular formula is C25H24N2O4. The first-order valence-corrected chi connectivity index (χ1v) is 10.2. The Bertz CT molecular complexity index is 1130. The van der Waals surface area contributed by atoms with Crippen LogP contribution in [0, 0.1) is 0 Å². The summed E-state index contributed by atoms with van der Waals surface area (Å²) in [6.45, 7) is 0. The Morgan fingerprint density at radius 1 is 0.871 bits per heavy atom. The second-order valence-corrected chi connectivity index (χ2v) is 7.50. The van der Waals surface area contributed by atoms with Crippen LogP contribution in [0.4, 0.5) is 0 Å². The molecule has 0 N–H and O–H groups in total. The van der Waals surface area contributed by atoms with Gasteiger partial charge in [-0.15, -0.1) is 0 Å². The van der Waals surface area contributed by atoms with Crippen molar-refractivity contribution >= 4 is 5.71 Å². The van der Waals surface area contributed by atoms with Crippen molar-refractivity contribution < 1.29 is 18.9 Å². The first-order valence-electron chi connectivity index (χ1n) is 10.2. The highest BCUT2D eigenvalue weighted by molar-refractivity contribution is 6.02. The van der Waals surface area contributed by atoms with Crippen LogP contribution in [-0.4, -0.2) is 32.0 Å². The van der Waals surface area contributed by atoms with Gasteiger partial charge in [0.1, 0.15) is 11.5 Å². The van der Waals surface area contributed by atoms with E-state index in [1.807, 2.05) is 60.7 Å². The molecule has 5 rings (SSSR count). The lowest BCUT2D eigenvalue weighted by Gasteiger charge is -2.38. The summed E-state index contributed by atoms with van der Waals surface area (Å²) in [4.78, 5) is 0. The number of benzene rings is 3. The number of fused-ring (bicyclic) bond motifs is 3. The van der Waals surface area contributed by atoms with Crippen LogP contribution in [0.1, 0.15) is 35.4 Å². The predicted molar refractivity (Wildman–Crippen MR) is 118 cm³/mol. The van der Waals surface area contributed by atoms with E-state index in [0.29, 0.717) is 0 Å². The molecule has 6 heteroatoms. The summed E-state index contributed by atoms with van der Waals surface area (Å²) in [6, 6.07) is 22.0. The van der Waals surface area contributed by atoms with Crippen molar-refractivity contribution in [2.45, 2.75) is 18.7 Å². The van der Waals surface area contributed by atoms with Crippen LogP contribution in [0.5, 0.6) is 23.0 Å². The highest BCUT2D eigenvalue weighted by atomic mass is 16.5. The van der Waals surface area contributed by atoms with Crippen LogP contribution in [0.3, 0.4) is 0 Å². The molecule has 0 amide bonds. The summed E-state index contributed by atoms with van der Waals surface area (Å²) in [7, 11) is 5.00. The van der Waals surface area contributed by atoms with Gasteiger partial charge in [0, 0.05) is 17.5 Å². The monoisotopic (exact) mass is 416 g/mol. The third-order valence-corrected chi connectivity index (χ3v) is 5.80. The summed E-state index contributed by atoms with van der Waals surface area (Å²) in [6.07, 6.45) is 0.385. The van der Waals surface area contributed by atoms with E-state index in [2.05, 4.69) is 11.1 Å². The van der Waals surface area contributed by atoms with E-state index in [-0.39, 0.29) is 12.3 Å². The fraction of sp³-hybridized carbons (Fsp3) is 0.240. The van der Waals surface area contributed by atoms with Gasteiger partial charge in [-0.05, 0) is 48.0 Å². The lowest BCUT2D eigenvalue weighted by molar-refractivity contribution is -0.0210. The molecule has 0 unspecified atom stereocenters. The molecule has 2 atom stereocenters. The molecule has 158 valence electrons. The van der Waals surface area contributed by atoms with E-state index in [4.69, 9.17) is 24.0 Å². The van der Waals surface area contributed by atoms with Crippen LogP contribution in [0.25, 0.3) is 0 Å². The van der Waals surface area contributed by atoms with Crippen molar-refractivity contribution in [3.8, 4) is 23.0 Å². The van der Waals surface area contributed by atoms with Crippen LogP contribution in [0.15, 0.2) is 71.8 Å². The minimum absolute atomic E-state index is 0.0483. The van der Waals surface area contributed by atoms with Gasteiger partial charge >= 0.3 is 0 Å². The Balaban J connectivity index is 1.59. The molecule has 6 nitrogen and oxygen atoms in total. The summed E-state index contributed by atoms with van der Waals surface area (Å²) < 4.78 is 22.8. The van der Waals surface area contributed by atoms with Gasteiger partial charge in [-0.3, -0.25) is 0 Å². The van der Waals surface area contributed by atoms with Crippen molar-refractivity contribution in [3.05, 3.63) is 83.4 Å². The minimum atomic E-state index is -0.389. The van der Waals surface area contributed by atoms with Gasteiger partial charge in [-0.1, -0.05) is 24.3 Å². The Labute approximate surface area is 181 Å². The van der Waals surface area contributed by atoms with E-state index in [1.165, 1.54) is 0 Å². The topological polar surface area (TPSA) is 52.5 Å². The smallest absolute Gasteiger partial charge is 0.214 e. The van der Waals surface area contributed by atoms with Gasteiger partial charge in [-0.2, -0.15) is 5.10 Å². The Kier molecular flexibility index (Phi) is 4.90. The first-order chi connectivity index (χ1) is 15.2. The van der Waals surface area contributed by atoms with Crippen molar-refractivity contribution in [1.29, 1.82) is 0 Å². The zero-order chi connectivity index (χ0) is 21.4. The molecule has 0 saturated carbocycles. The fourth-order valence-electron chi connectivity index (χ4n) is 4.22. The average Bonchev–Trinajstić information content (AvgIpc) is 3.29. The van der Waals surface area contributed by atoms with E-state index >= 15 is 0 Å². The van der Waals surface area contributed by atoms with E-state index in [0.717, 1.165) is 51.8 Å². The quantitative estimate of drug-likeness (QED) is 0.589. The molecule has 2 aliphatic rings. The van der Waals surface area contributed by atoms with Crippen molar-refractivity contribution in [1.82, 2.24) is 5.01 Å². The number of hydrogen-bond acceptors (Lipinski definition) is 6. The van der Waals surface area contributed by atoms with Crippen LogP contribution in [-0.2, 0) is 0 Å². The number of hydrogen-bond donors (Lipinski definition) is 0. The number of rotatable bonds is 5. The molecule has 2 aliphatic heterocycles. The van der Waals surface area contributed by atoms with Gasteiger partial charge in [0.15, 0.2) is 11.5 Å². The fourth-order valence-corrected chi connectivity index (χ4v) is 4.22. The minimum Gasteiger partial charge on any atom is -0.497 e. The lowest BCUT2D eigenvalue weighted by Crippen LogP contribution is -2.33. The van der Waals surface area contributed by atoms with Gasteiger partial charge in [0.25, 0.3) is 0 Å². The molecule has 0 bridgehead atoms. The summed E-state index contributed by atoms with van der Waals surface area (Å²) in [5.41, 5.74) is 4.13. The molecule has 0 saturated heterocycles. The standard InChI is InChI=1S/C25H24N2O4/c1-28-18-12-10-16(11-13-18)21-15-22-20-8-5-9-23(30-3)24(20)31-25(27(22)26-21)17-6-4-7-19(14-17)29-2/h4-14,22,25H,15H2,1-3H3/t22-,25+/m1/s1. The maximum atomic E-state index is 6.49. The SMILES string of the molecule is COc1ccc(C2=NN3[C@H](C2)c2cccc(OC)c2O[C@H]3c2cccc(OC)c2)cc1. The Hall–Kier alpha value is -3.67. The lowest BCUT2D eigenvalue weighted by atomic mass is 9.95. The molecule has 0 aromatic heterocycles. The van der Waals surface area contributed by atoms with Crippen molar-refractivity contribution in [2.75, 3.05) is 21.3 Å². The third kappa shape index (κ3) is 3.34. The molecule has 0 radical (unpaired) electrons. The average molecular weight is 416 g/mol. The first kappa shape index (κ1) is 19.3. The zero-order valence-electron chi connectivity index (χ0n) is 17.7. The molecule has 0 spiro atoms. The normalized spacial score (nSPS) is 19.1. The number of hydrazone groups is 1. The molecule has 0 aliphatic carbocycles. The zero-order valence-corrected chi connectivity index (χ0v) is 17.7. The molecule has 2 heterocycles. The molecular weight excluding hydrogens is 392 g/mol. The van der Waals surface area contributed by atoms with Gasteiger partial charge in [0.2, 0.25) is 6.23 Å². The van der Waals surface area contributed by atoms with Crippen LogP contribution in [0.2, 0.25) is 0 Å². The number of nitrogens with zero attached hydrogens (tertiary/aromatic N) is 2. The van der Waals surface area contributed by atoms with Crippen LogP contribution < -0.4 is 18.9 Å². The van der Waals surface area contributed by atoms with E-state index < -0.39 is 0 Å². The maximum Gasteiger partial charge on any atom is 0.214 e. The van der Waals surface area contributed by atoms with E-state index in [1.54, 1.807) is 21.3 Å². The largest absolute Gasteiger partial charge is 0.497 e. The second kappa shape index (κ2) is 7.87. The molecule has 0 fully saturated rings. The van der Waals surface area contributed by atoms with E-state index in [9.17, 15) is 0 Å². The van der Waals surface area contributed by atoms with Crippen LogP contribution >= 0.6 is 0 Å². The highest BCUT2D eigenvalue weighted by Crippen LogP contribution is 2.50. The van der Waals surface area contributed by atoms with Gasteiger partial charge < -0.3 is 18.9 Å². The highest BCUT2D eigenvalue weighted by Gasteiger charge is 2.42. The summed E-state index contributed by atoms with van der Waals surface area (Å²) in [5, 5.41) is 7.06. The number of methoxy groups -OCH3 is 3. The van der Waals surface area contributed by atoms with Crippen molar-refractivity contribution in [3.63, 3.8) is 0 Å². The molecule has 3 aromatic carbocycles. The Morgan fingerprint density at radius 2 is 1.65 bits per heavy atom. The predicted octanol–water partition coefficient (Wildman–Crippen LogP) is 4.95. The van der Waals surface area contributed by atoms with Gasteiger partial charge in [-0.25, -0.2) is 5.01 Å². The summed E-state index contributed by atoms with van der Waals surface area (Å²) in [5.74, 6) is 3.10. The maximum absolute atomic E-state index is 6.49.